The van der Waals surface area contributed by atoms with Crippen molar-refractivity contribution in [3.05, 3.63) is 29.3 Å². The van der Waals surface area contributed by atoms with E-state index in [-0.39, 0.29) is 0 Å². The van der Waals surface area contributed by atoms with Crippen molar-refractivity contribution in [2.24, 2.45) is 0 Å². The van der Waals surface area contributed by atoms with Crippen molar-refractivity contribution in [3.8, 4) is 0 Å². The molecule has 1 heterocycles. The Morgan fingerprint density at radius 1 is 1.32 bits per heavy atom. The third-order valence-electron chi connectivity index (χ3n) is 4.34. The van der Waals surface area contributed by atoms with Crippen LogP contribution < -0.4 is 10.2 Å². The van der Waals surface area contributed by atoms with Crippen LogP contribution in [-0.2, 0) is 6.42 Å². The molecule has 0 radical (unpaired) electrons. The molecule has 2 heteroatoms. The van der Waals surface area contributed by atoms with Gasteiger partial charge in [0.1, 0.15) is 0 Å². The first kappa shape index (κ1) is 14.4. The van der Waals surface area contributed by atoms with Gasteiger partial charge < -0.3 is 10.2 Å². The highest BCUT2D eigenvalue weighted by Gasteiger charge is 2.24. The average Bonchev–Trinajstić information content (AvgIpc) is 2.45. The lowest BCUT2D eigenvalue weighted by molar-refractivity contribution is 0.432. The Labute approximate surface area is 118 Å². The van der Waals surface area contributed by atoms with Crippen LogP contribution in [0.25, 0.3) is 0 Å². The van der Waals surface area contributed by atoms with Crippen LogP contribution in [0, 0.1) is 6.92 Å². The van der Waals surface area contributed by atoms with E-state index in [1.165, 1.54) is 49.0 Å². The fourth-order valence-corrected chi connectivity index (χ4v) is 3.32. The summed E-state index contributed by atoms with van der Waals surface area (Å²) in [6.07, 6.45) is 6.46. The number of anilines is 1. The molecular formula is C17H28N2. The predicted octanol–water partition coefficient (Wildman–Crippen LogP) is 3.53. The third kappa shape index (κ3) is 3.30. The van der Waals surface area contributed by atoms with Crippen molar-refractivity contribution in [2.75, 3.05) is 25.0 Å². The van der Waals surface area contributed by atoms with Gasteiger partial charge in [0.15, 0.2) is 0 Å². The van der Waals surface area contributed by atoms with Gasteiger partial charge in [-0.3, -0.25) is 0 Å². The normalized spacial score (nSPS) is 19.7. The molecule has 0 amide bonds. The Hall–Kier alpha value is -1.02. The van der Waals surface area contributed by atoms with Crippen molar-refractivity contribution < 1.29 is 0 Å². The summed E-state index contributed by atoms with van der Waals surface area (Å²) in [5.41, 5.74) is 4.47. The van der Waals surface area contributed by atoms with Gasteiger partial charge in [0.2, 0.25) is 0 Å². The van der Waals surface area contributed by atoms with Crippen LogP contribution in [0.1, 0.15) is 43.7 Å². The number of piperidine rings is 1. The largest absolute Gasteiger partial charge is 0.368 e. The number of aryl methyl sites for hydroxylation is 2. The van der Waals surface area contributed by atoms with E-state index in [2.05, 4.69) is 49.3 Å². The van der Waals surface area contributed by atoms with Crippen LogP contribution in [0.2, 0.25) is 0 Å². The zero-order valence-corrected chi connectivity index (χ0v) is 12.7. The first-order valence-electron chi connectivity index (χ1n) is 7.77. The summed E-state index contributed by atoms with van der Waals surface area (Å²) in [7, 11) is 2.05. The highest BCUT2D eigenvalue weighted by atomic mass is 15.2. The molecule has 1 atom stereocenters. The van der Waals surface area contributed by atoms with Gasteiger partial charge >= 0.3 is 0 Å². The van der Waals surface area contributed by atoms with Crippen molar-refractivity contribution in [2.45, 2.75) is 52.0 Å². The smallest absolute Gasteiger partial charge is 0.0430 e. The van der Waals surface area contributed by atoms with E-state index in [1.807, 2.05) is 0 Å². The summed E-state index contributed by atoms with van der Waals surface area (Å²) in [5, 5.41) is 3.30. The first-order valence-corrected chi connectivity index (χ1v) is 7.77. The molecule has 1 unspecified atom stereocenters. The van der Waals surface area contributed by atoms with Gasteiger partial charge in [-0.15, -0.1) is 0 Å². The second-order valence-electron chi connectivity index (χ2n) is 5.67. The minimum Gasteiger partial charge on any atom is -0.368 e. The summed E-state index contributed by atoms with van der Waals surface area (Å²) in [6, 6.07) is 7.47. The van der Waals surface area contributed by atoms with Crippen LogP contribution in [0.15, 0.2) is 18.2 Å². The minimum atomic E-state index is 0.715. The predicted molar refractivity (Wildman–Crippen MR) is 84.1 cm³/mol. The Morgan fingerprint density at radius 2 is 2.16 bits per heavy atom. The minimum absolute atomic E-state index is 0.715. The van der Waals surface area contributed by atoms with Crippen LogP contribution in [0.4, 0.5) is 5.69 Å². The maximum absolute atomic E-state index is 3.30. The van der Waals surface area contributed by atoms with Gasteiger partial charge in [-0.1, -0.05) is 25.1 Å². The van der Waals surface area contributed by atoms with Crippen molar-refractivity contribution in [1.29, 1.82) is 0 Å². The Balaban J connectivity index is 2.26. The van der Waals surface area contributed by atoms with Crippen LogP contribution in [0.3, 0.4) is 0 Å². The van der Waals surface area contributed by atoms with Crippen molar-refractivity contribution >= 4 is 5.69 Å². The van der Waals surface area contributed by atoms with Crippen LogP contribution in [0.5, 0.6) is 0 Å². The van der Waals surface area contributed by atoms with Gasteiger partial charge in [-0.05, 0) is 63.7 Å². The summed E-state index contributed by atoms with van der Waals surface area (Å²) < 4.78 is 0. The fourth-order valence-electron chi connectivity index (χ4n) is 3.32. The Kier molecular flexibility index (Phi) is 5.26. The monoisotopic (exact) mass is 260 g/mol. The SMILES string of the molecule is CCc1cccc(C)c1N1CCCCC1CCNC. The van der Waals surface area contributed by atoms with Gasteiger partial charge in [0.05, 0.1) is 0 Å². The van der Waals surface area contributed by atoms with Crippen molar-refractivity contribution in [3.63, 3.8) is 0 Å². The van der Waals surface area contributed by atoms with Crippen molar-refractivity contribution in [1.82, 2.24) is 5.32 Å². The molecular weight excluding hydrogens is 232 g/mol. The van der Waals surface area contributed by atoms with E-state index >= 15 is 0 Å². The highest BCUT2D eigenvalue weighted by molar-refractivity contribution is 5.60. The maximum Gasteiger partial charge on any atom is 0.0430 e. The molecule has 106 valence electrons. The number of benzene rings is 1. The second kappa shape index (κ2) is 6.95. The number of para-hydroxylation sites is 1. The quantitative estimate of drug-likeness (QED) is 0.871. The molecule has 0 aromatic heterocycles. The molecule has 19 heavy (non-hydrogen) atoms. The number of nitrogens with one attached hydrogen (secondary N) is 1. The molecule has 0 saturated carbocycles. The number of nitrogens with zero attached hydrogens (tertiary/aromatic N) is 1. The van der Waals surface area contributed by atoms with E-state index in [0.29, 0.717) is 6.04 Å². The zero-order valence-electron chi connectivity index (χ0n) is 12.7. The van der Waals surface area contributed by atoms with Crippen LogP contribution >= 0.6 is 0 Å². The molecule has 2 nitrogen and oxygen atoms in total. The van der Waals surface area contributed by atoms with E-state index in [4.69, 9.17) is 0 Å². The fraction of sp³-hybridized carbons (Fsp3) is 0.647. The Bertz CT molecular complexity index is 400. The van der Waals surface area contributed by atoms with E-state index in [1.54, 1.807) is 0 Å². The first-order chi connectivity index (χ1) is 9.27. The molecule has 1 N–H and O–H groups in total. The molecule has 1 aliphatic heterocycles. The standard InChI is InChI=1S/C17H28N2/c1-4-15-9-7-8-14(2)17(15)19-13-6-5-10-16(19)11-12-18-3/h7-9,16,18H,4-6,10-13H2,1-3H3. The molecule has 1 fully saturated rings. The zero-order chi connectivity index (χ0) is 13.7. The molecule has 1 aromatic carbocycles. The van der Waals surface area contributed by atoms with Gasteiger partial charge in [-0.25, -0.2) is 0 Å². The molecule has 2 rings (SSSR count). The summed E-state index contributed by atoms with van der Waals surface area (Å²) in [4.78, 5) is 2.69. The number of hydrogen-bond acceptors (Lipinski definition) is 2. The lowest BCUT2D eigenvalue weighted by atomic mass is 9.95. The van der Waals surface area contributed by atoms with E-state index < -0.39 is 0 Å². The maximum atomic E-state index is 3.30. The number of hydrogen-bond donors (Lipinski definition) is 1. The third-order valence-corrected chi connectivity index (χ3v) is 4.34. The summed E-state index contributed by atoms with van der Waals surface area (Å²) in [6.45, 7) is 6.88. The molecule has 1 aromatic rings. The van der Waals surface area contributed by atoms with Gasteiger partial charge in [-0.2, -0.15) is 0 Å². The molecule has 0 spiro atoms. The van der Waals surface area contributed by atoms with E-state index in [9.17, 15) is 0 Å². The summed E-state index contributed by atoms with van der Waals surface area (Å²) in [5.74, 6) is 0. The second-order valence-corrected chi connectivity index (χ2v) is 5.67. The molecule has 0 bridgehead atoms. The Morgan fingerprint density at radius 3 is 2.89 bits per heavy atom. The lowest BCUT2D eigenvalue weighted by Crippen LogP contribution is -2.42. The average molecular weight is 260 g/mol. The molecule has 0 aliphatic carbocycles. The lowest BCUT2D eigenvalue weighted by Gasteiger charge is -2.39. The topological polar surface area (TPSA) is 15.3 Å². The molecule has 1 saturated heterocycles. The summed E-state index contributed by atoms with van der Waals surface area (Å²) >= 11 is 0. The van der Waals surface area contributed by atoms with E-state index in [0.717, 1.165) is 13.0 Å². The van der Waals surface area contributed by atoms with Crippen LogP contribution in [-0.4, -0.2) is 26.2 Å². The van der Waals surface area contributed by atoms with Gasteiger partial charge in [0.25, 0.3) is 0 Å². The number of rotatable bonds is 5. The van der Waals surface area contributed by atoms with Gasteiger partial charge in [0, 0.05) is 18.3 Å². The highest BCUT2D eigenvalue weighted by Crippen LogP contribution is 2.32. The molecule has 1 aliphatic rings.